The van der Waals surface area contributed by atoms with Gasteiger partial charge in [0.1, 0.15) is 0 Å². The molecule has 0 amide bonds. The maximum absolute atomic E-state index is 5.79. The quantitative estimate of drug-likeness (QED) is 0.817. The number of rotatable bonds is 3. The van der Waals surface area contributed by atoms with Gasteiger partial charge >= 0.3 is 0 Å². The first-order valence-corrected chi connectivity index (χ1v) is 4.84. The molecule has 1 N–H and O–H groups in total. The zero-order valence-electron chi connectivity index (χ0n) is 7.65. The van der Waals surface area contributed by atoms with Crippen LogP contribution in [0.5, 0.6) is 0 Å². The number of halogens is 1. The largest absolute Gasteiger partial charge is 0.322 e. The van der Waals surface area contributed by atoms with Crippen molar-refractivity contribution in [1.82, 2.24) is 4.68 Å². The van der Waals surface area contributed by atoms with E-state index in [4.69, 9.17) is 11.6 Å². The van der Waals surface area contributed by atoms with Crippen molar-refractivity contribution in [3.8, 4) is 0 Å². The molecule has 3 heteroatoms. The molecule has 0 saturated heterocycles. The van der Waals surface area contributed by atoms with E-state index in [0.29, 0.717) is 0 Å². The van der Waals surface area contributed by atoms with Crippen LogP contribution in [0.2, 0.25) is 5.02 Å². The Kier molecular flexibility index (Phi) is 2.75. The molecular formula is C11H11ClN2. The van der Waals surface area contributed by atoms with Gasteiger partial charge in [-0.3, -0.25) is 4.68 Å². The lowest BCUT2D eigenvalue weighted by atomic mass is 10.2. The second kappa shape index (κ2) is 4.20. The zero-order chi connectivity index (χ0) is 9.80. The Hall–Kier alpha value is -1.41. The monoisotopic (exact) mass is 206 g/mol. The molecule has 0 aliphatic rings. The predicted octanol–water partition coefficient (Wildman–Crippen LogP) is 2.89. The summed E-state index contributed by atoms with van der Waals surface area (Å²) in [6, 6.07) is 11.8. The topological polar surface area (TPSA) is 17.0 Å². The number of benzene rings is 1. The highest BCUT2D eigenvalue weighted by atomic mass is 35.5. The van der Waals surface area contributed by atoms with Crippen molar-refractivity contribution >= 4 is 11.6 Å². The fraction of sp³-hybridized carbons (Fsp3) is 0.0909. The third-order valence-electron chi connectivity index (χ3n) is 1.98. The maximum Gasteiger partial charge on any atom is 0.0564 e. The van der Waals surface area contributed by atoms with Crippen LogP contribution in [0.4, 0.5) is 0 Å². The molecule has 2 aromatic rings. The van der Waals surface area contributed by atoms with E-state index in [-0.39, 0.29) is 0 Å². The van der Waals surface area contributed by atoms with Gasteiger partial charge < -0.3 is 5.43 Å². The molecule has 0 radical (unpaired) electrons. The Labute approximate surface area is 88.1 Å². The average Bonchev–Trinajstić information content (AvgIpc) is 2.70. The van der Waals surface area contributed by atoms with Gasteiger partial charge in [-0.2, -0.15) is 0 Å². The summed E-state index contributed by atoms with van der Waals surface area (Å²) in [7, 11) is 0. The van der Waals surface area contributed by atoms with Gasteiger partial charge in [0, 0.05) is 17.4 Å². The molecule has 2 nitrogen and oxygen atoms in total. The van der Waals surface area contributed by atoms with Crippen molar-refractivity contribution in [2.45, 2.75) is 6.54 Å². The first-order valence-electron chi connectivity index (χ1n) is 4.46. The van der Waals surface area contributed by atoms with Crippen LogP contribution in [0.1, 0.15) is 5.56 Å². The Balaban J connectivity index is 1.95. The molecule has 0 aliphatic carbocycles. The van der Waals surface area contributed by atoms with Gasteiger partial charge in [0.25, 0.3) is 0 Å². The van der Waals surface area contributed by atoms with Gasteiger partial charge in [0.2, 0.25) is 0 Å². The van der Waals surface area contributed by atoms with Crippen molar-refractivity contribution in [3.63, 3.8) is 0 Å². The van der Waals surface area contributed by atoms with Gasteiger partial charge in [-0.25, -0.2) is 0 Å². The molecule has 0 atom stereocenters. The van der Waals surface area contributed by atoms with Crippen LogP contribution in [0.25, 0.3) is 0 Å². The minimum Gasteiger partial charge on any atom is -0.322 e. The molecule has 2 rings (SSSR count). The Bertz CT molecular complexity index is 378. The molecule has 1 aromatic carbocycles. The Morgan fingerprint density at radius 3 is 2.36 bits per heavy atom. The van der Waals surface area contributed by atoms with Crippen LogP contribution >= 0.6 is 11.6 Å². The lowest BCUT2D eigenvalue weighted by Crippen LogP contribution is -2.11. The molecule has 0 saturated carbocycles. The minimum absolute atomic E-state index is 0.773. The van der Waals surface area contributed by atoms with E-state index in [1.54, 1.807) is 0 Å². The first-order chi connectivity index (χ1) is 6.84. The van der Waals surface area contributed by atoms with E-state index in [9.17, 15) is 0 Å². The van der Waals surface area contributed by atoms with Crippen LogP contribution < -0.4 is 5.43 Å². The number of hydrogen-bond donors (Lipinski definition) is 1. The lowest BCUT2D eigenvalue weighted by molar-refractivity contribution is 0.847. The van der Waals surface area contributed by atoms with E-state index in [1.807, 2.05) is 53.5 Å². The Morgan fingerprint density at radius 1 is 1.07 bits per heavy atom. The molecule has 1 aromatic heterocycles. The lowest BCUT2D eigenvalue weighted by Gasteiger charge is -2.07. The highest BCUT2D eigenvalue weighted by Gasteiger charge is 1.92. The van der Waals surface area contributed by atoms with Gasteiger partial charge in [-0.1, -0.05) is 23.7 Å². The van der Waals surface area contributed by atoms with E-state index in [0.717, 1.165) is 11.6 Å². The SMILES string of the molecule is Clc1ccc(CNn2cccc2)cc1. The fourth-order valence-electron chi connectivity index (χ4n) is 1.22. The standard InChI is InChI=1S/C11H11ClN2/c12-11-5-3-10(4-6-11)9-13-14-7-1-2-8-14/h1-8,13H,9H2. The minimum atomic E-state index is 0.773. The number of hydrogen-bond acceptors (Lipinski definition) is 1. The second-order valence-electron chi connectivity index (χ2n) is 3.05. The van der Waals surface area contributed by atoms with Crippen molar-refractivity contribution in [2.24, 2.45) is 0 Å². The van der Waals surface area contributed by atoms with E-state index in [2.05, 4.69) is 5.43 Å². The molecule has 14 heavy (non-hydrogen) atoms. The van der Waals surface area contributed by atoms with Crippen LogP contribution in [0, 0.1) is 0 Å². The summed E-state index contributed by atoms with van der Waals surface area (Å²) in [4.78, 5) is 0. The highest BCUT2D eigenvalue weighted by Crippen LogP contribution is 2.09. The summed E-state index contributed by atoms with van der Waals surface area (Å²) < 4.78 is 1.93. The van der Waals surface area contributed by atoms with Crippen molar-refractivity contribution in [1.29, 1.82) is 0 Å². The van der Waals surface area contributed by atoms with Gasteiger partial charge in [-0.15, -0.1) is 0 Å². The van der Waals surface area contributed by atoms with Crippen molar-refractivity contribution in [3.05, 3.63) is 59.4 Å². The third-order valence-corrected chi connectivity index (χ3v) is 2.24. The third kappa shape index (κ3) is 2.30. The van der Waals surface area contributed by atoms with Gasteiger partial charge in [-0.05, 0) is 29.8 Å². The summed E-state index contributed by atoms with van der Waals surface area (Å²) >= 11 is 5.79. The zero-order valence-corrected chi connectivity index (χ0v) is 8.41. The summed E-state index contributed by atoms with van der Waals surface area (Å²) in [6.45, 7) is 0.797. The smallest absolute Gasteiger partial charge is 0.0564 e. The molecule has 0 spiro atoms. The highest BCUT2D eigenvalue weighted by molar-refractivity contribution is 6.30. The molecule has 0 unspecified atom stereocenters. The molecule has 0 aliphatic heterocycles. The average molecular weight is 207 g/mol. The van der Waals surface area contributed by atoms with E-state index in [1.165, 1.54) is 5.56 Å². The molecule has 1 heterocycles. The maximum atomic E-state index is 5.79. The van der Waals surface area contributed by atoms with Gasteiger partial charge in [0.05, 0.1) is 6.54 Å². The molecule has 0 bridgehead atoms. The van der Waals surface area contributed by atoms with Crippen LogP contribution in [0.3, 0.4) is 0 Å². The van der Waals surface area contributed by atoms with Crippen LogP contribution in [0.15, 0.2) is 48.8 Å². The first kappa shape index (κ1) is 9.16. The summed E-state index contributed by atoms with van der Waals surface area (Å²) in [5.74, 6) is 0. The van der Waals surface area contributed by atoms with Crippen molar-refractivity contribution in [2.75, 3.05) is 5.43 Å². The second-order valence-corrected chi connectivity index (χ2v) is 3.49. The number of nitrogens with one attached hydrogen (secondary N) is 1. The van der Waals surface area contributed by atoms with Crippen molar-refractivity contribution < 1.29 is 0 Å². The fourth-order valence-corrected chi connectivity index (χ4v) is 1.35. The molecule has 0 fully saturated rings. The summed E-state index contributed by atoms with van der Waals surface area (Å²) in [5, 5.41) is 0.773. The van der Waals surface area contributed by atoms with Crippen LogP contribution in [-0.4, -0.2) is 4.68 Å². The Morgan fingerprint density at radius 2 is 1.71 bits per heavy atom. The molecule has 72 valence electrons. The summed E-state index contributed by atoms with van der Waals surface area (Å²) in [6.07, 6.45) is 3.94. The van der Waals surface area contributed by atoms with Crippen LogP contribution in [-0.2, 0) is 6.54 Å². The van der Waals surface area contributed by atoms with E-state index >= 15 is 0 Å². The molecular weight excluding hydrogens is 196 g/mol. The predicted molar refractivity (Wildman–Crippen MR) is 58.9 cm³/mol. The summed E-state index contributed by atoms with van der Waals surface area (Å²) in [5.41, 5.74) is 4.45. The van der Waals surface area contributed by atoms with E-state index < -0.39 is 0 Å². The number of aromatic nitrogens is 1. The number of nitrogens with zero attached hydrogens (tertiary/aromatic N) is 1. The normalized spacial score (nSPS) is 10.1. The van der Waals surface area contributed by atoms with Gasteiger partial charge in [0.15, 0.2) is 0 Å².